The van der Waals surface area contributed by atoms with Crippen LogP contribution in [0.2, 0.25) is 0 Å². The molecule has 0 aliphatic rings. The molecule has 0 aliphatic heterocycles. The molecule has 0 bridgehead atoms. The van der Waals surface area contributed by atoms with E-state index >= 15 is 0 Å². The Morgan fingerprint density at radius 2 is 1.33 bits per heavy atom. The van der Waals surface area contributed by atoms with Gasteiger partial charge in [0.15, 0.2) is 0 Å². The minimum absolute atomic E-state index is 0.286. The zero-order valence-electron chi connectivity index (χ0n) is 10.7. The first-order valence-corrected chi connectivity index (χ1v) is 5.38. The third-order valence-corrected chi connectivity index (χ3v) is 2.02. The molecule has 0 saturated heterocycles. The van der Waals surface area contributed by atoms with Crippen LogP contribution in [0.5, 0.6) is 0 Å². The summed E-state index contributed by atoms with van der Waals surface area (Å²) in [6.07, 6.45) is -16.2. The Labute approximate surface area is 113 Å². The average molecular weight is 327 g/mol. The maximum Gasteiger partial charge on any atom is 0.433 e. The van der Waals surface area contributed by atoms with Gasteiger partial charge in [0.2, 0.25) is 0 Å². The Balaban J connectivity index is 5.97. The molecule has 0 heterocycles. The summed E-state index contributed by atoms with van der Waals surface area (Å²) in [7, 11) is 0. The van der Waals surface area contributed by atoms with E-state index in [4.69, 9.17) is 0 Å². The van der Waals surface area contributed by atoms with E-state index in [1.165, 1.54) is 6.92 Å². The highest BCUT2D eigenvalue weighted by Gasteiger charge is 2.41. The summed E-state index contributed by atoms with van der Waals surface area (Å²) in [6, 6.07) is 0. The lowest BCUT2D eigenvalue weighted by molar-refractivity contribution is -0.0933. The highest BCUT2D eigenvalue weighted by Crippen LogP contribution is 2.31. The van der Waals surface area contributed by atoms with Gasteiger partial charge in [0.05, 0.1) is 0 Å². The van der Waals surface area contributed by atoms with Crippen molar-refractivity contribution in [2.24, 2.45) is 4.99 Å². The molecular formula is C11H10F9N. The molecule has 0 aromatic rings. The van der Waals surface area contributed by atoms with Crippen LogP contribution in [-0.4, -0.2) is 24.2 Å². The van der Waals surface area contributed by atoms with E-state index < -0.39 is 41.6 Å². The zero-order valence-corrected chi connectivity index (χ0v) is 10.7. The predicted octanol–water partition coefficient (Wildman–Crippen LogP) is 5.35. The number of nitrogens with zero attached hydrogens (tertiary/aromatic N) is 1. The van der Waals surface area contributed by atoms with E-state index in [0.29, 0.717) is 13.0 Å². The predicted molar refractivity (Wildman–Crippen MR) is 57.7 cm³/mol. The van der Waals surface area contributed by atoms with E-state index in [9.17, 15) is 39.5 Å². The zero-order chi connectivity index (χ0) is 17.1. The maximum absolute atomic E-state index is 12.5. The fourth-order valence-electron chi connectivity index (χ4n) is 1.01. The third kappa shape index (κ3) is 6.67. The molecule has 0 radical (unpaired) electrons. The number of rotatable bonds is 3. The molecular weight excluding hydrogens is 317 g/mol. The van der Waals surface area contributed by atoms with Crippen molar-refractivity contribution in [2.45, 2.75) is 38.8 Å². The van der Waals surface area contributed by atoms with Gasteiger partial charge < -0.3 is 0 Å². The van der Waals surface area contributed by atoms with Gasteiger partial charge in [-0.2, -0.15) is 39.5 Å². The number of alkyl halides is 9. The molecule has 0 saturated carbocycles. The van der Waals surface area contributed by atoms with Crippen molar-refractivity contribution in [3.8, 4) is 0 Å². The third-order valence-electron chi connectivity index (χ3n) is 2.02. The van der Waals surface area contributed by atoms with Crippen LogP contribution in [0.3, 0.4) is 0 Å². The minimum Gasteiger partial charge on any atom is -0.239 e. The number of allylic oxidation sites excluding steroid dienone is 4. The smallest absolute Gasteiger partial charge is 0.239 e. The van der Waals surface area contributed by atoms with Gasteiger partial charge in [0.1, 0.15) is 11.4 Å². The Kier molecular flexibility index (Phi) is 6.06. The van der Waals surface area contributed by atoms with Crippen molar-refractivity contribution in [1.82, 2.24) is 0 Å². The van der Waals surface area contributed by atoms with Crippen molar-refractivity contribution in [2.75, 3.05) is 0 Å². The van der Waals surface area contributed by atoms with Crippen LogP contribution in [0, 0.1) is 0 Å². The quantitative estimate of drug-likeness (QED) is 0.489. The van der Waals surface area contributed by atoms with Crippen LogP contribution in [0.25, 0.3) is 0 Å². The van der Waals surface area contributed by atoms with Crippen molar-refractivity contribution < 1.29 is 39.5 Å². The molecule has 21 heavy (non-hydrogen) atoms. The Morgan fingerprint density at radius 1 is 0.857 bits per heavy atom. The largest absolute Gasteiger partial charge is 0.433 e. The lowest BCUT2D eigenvalue weighted by Crippen LogP contribution is -2.25. The van der Waals surface area contributed by atoms with Gasteiger partial charge in [0, 0.05) is 5.57 Å². The molecule has 0 fully saturated rings. The summed E-state index contributed by atoms with van der Waals surface area (Å²) in [5.74, 6) is 0. The van der Waals surface area contributed by atoms with Gasteiger partial charge in [-0.3, -0.25) is 0 Å². The van der Waals surface area contributed by atoms with Crippen molar-refractivity contribution in [3.63, 3.8) is 0 Å². The van der Waals surface area contributed by atoms with Crippen molar-refractivity contribution >= 4 is 5.71 Å². The minimum atomic E-state index is -5.45. The Hall–Kier alpha value is -1.48. The van der Waals surface area contributed by atoms with Crippen LogP contribution in [0.1, 0.15) is 20.3 Å². The highest BCUT2D eigenvalue weighted by atomic mass is 19.4. The summed E-state index contributed by atoms with van der Waals surface area (Å²) in [6.45, 7) is 1.52. The normalized spacial score (nSPS) is 16.4. The van der Waals surface area contributed by atoms with E-state index in [-0.39, 0.29) is 6.42 Å². The van der Waals surface area contributed by atoms with Crippen molar-refractivity contribution in [1.29, 1.82) is 0 Å². The summed E-state index contributed by atoms with van der Waals surface area (Å²) in [4.78, 5) is 2.31. The summed E-state index contributed by atoms with van der Waals surface area (Å²) in [5, 5.41) is 0. The van der Waals surface area contributed by atoms with Crippen LogP contribution in [0.15, 0.2) is 28.4 Å². The Bertz CT molecular complexity index is 446. The maximum atomic E-state index is 12.5. The van der Waals surface area contributed by atoms with Crippen LogP contribution >= 0.6 is 0 Å². The fraction of sp³-hybridized carbons (Fsp3) is 0.545. The molecule has 0 amide bonds. The van der Waals surface area contributed by atoms with Crippen LogP contribution in [0.4, 0.5) is 39.5 Å². The molecule has 0 atom stereocenters. The first kappa shape index (κ1) is 19.5. The first-order chi connectivity index (χ1) is 9.19. The lowest BCUT2D eigenvalue weighted by atomic mass is 10.2. The van der Waals surface area contributed by atoms with Gasteiger partial charge >= 0.3 is 18.5 Å². The average Bonchev–Trinajstić information content (AvgIpc) is 2.22. The van der Waals surface area contributed by atoms with Gasteiger partial charge in [-0.05, 0) is 19.4 Å². The summed E-state index contributed by atoms with van der Waals surface area (Å²) < 4.78 is 111. The molecule has 0 aromatic heterocycles. The fourth-order valence-corrected chi connectivity index (χ4v) is 1.01. The summed E-state index contributed by atoms with van der Waals surface area (Å²) in [5.41, 5.74) is -5.88. The van der Waals surface area contributed by atoms with E-state index in [1.54, 1.807) is 0 Å². The van der Waals surface area contributed by atoms with Crippen LogP contribution < -0.4 is 0 Å². The molecule has 0 unspecified atom stereocenters. The van der Waals surface area contributed by atoms with E-state index in [1.807, 2.05) is 0 Å². The molecule has 1 nitrogen and oxygen atoms in total. The van der Waals surface area contributed by atoms with E-state index in [0.717, 1.165) is 0 Å². The molecule has 0 aliphatic carbocycles. The lowest BCUT2D eigenvalue weighted by Gasteiger charge is -2.13. The molecule has 0 N–H and O–H groups in total. The monoisotopic (exact) mass is 327 g/mol. The molecule has 0 rings (SSSR count). The second-order valence-corrected chi connectivity index (χ2v) is 3.82. The molecule has 0 spiro atoms. The topological polar surface area (TPSA) is 12.4 Å². The first-order valence-electron chi connectivity index (χ1n) is 5.38. The number of aliphatic imine (C=N–C) groups is 1. The molecule has 0 aromatic carbocycles. The van der Waals surface area contributed by atoms with Gasteiger partial charge in [-0.15, -0.1) is 0 Å². The molecule has 10 heteroatoms. The second kappa shape index (κ2) is 6.52. The van der Waals surface area contributed by atoms with Gasteiger partial charge in [-0.25, -0.2) is 4.99 Å². The summed E-state index contributed by atoms with van der Waals surface area (Å²) >= 11 is 0. The van der Waals surface area contributed by atoms with Crippen molar-refractivity contribution in [3.05, 3.63) is 23.4 Å². The number of hydrogen-bond acceptors (Lipinski definition) is 1. The molecule has 122 valence electrons. The van der Waals surface area contributed by atoms with E-state index in [2.05, 4.69) is 4.99 Å². The van der Waals surface area contributed by atoms with Gasteiger partial charge in [-0.1, -0.05) is 13.0 Å². The second-order valence-electron chi connectivity index (χ2n) is 3.82. The highest BCUT2D eigenvalue weighted by molar-refractivity contribution is 6.00. The van der Waals surface area contributed by atoms with Gasteiger partial charge in [0.25, 0.3) is 0 Å². The SMILES string of the molecule is CC/C=C(/N=C(/C=C(\C)C(F)(F)F)C(F)(F)F)C(F)(F)F. The Morgan fingerprint density at radius 3 is 1.62 bits per heavy atom. The van der Waals surface area contributed by atoms with Crippen LogP contribution in [-0.2, 0) is 0 Å². The number of halogens is 9. The number of hydrogen-bond donors (Lipinski definition) is 0. The standard InChI is InChI=1S/C11H10F9N/c1-3-4-7(10(15,16)17)21-8(11(18,19)20)5-6(2)9(12,13)14/h4-5H,3H2,1-2H3/b6-5+,7-4+,21-8-.